The van der Waals surface area contributed by atoms with Gasteiger partial charge in [-0.3, -0.25) is 0 Å². The summed E-state index contributed by atoms with van der Waals surface area (Å²) in [5, 5.41) is 1.32. The Hall–Kier alpha value is -1.28. The van der Waals surface area contributed by atoms with Gasteiger partial charge in [0.05, 0.1) is 0 Å². The Bertz CT molecular complexity index is 466. The normalized spacial score (nSPS) is 16.4. The maximum atomic E-state index is 5.71. The number of aromatic nitrogens is 1. The van der Waals surface area contributed by atoms with Gasteiger partial charge in [0, 0.05) is 29.7 Å². The van der Waals surface area contributed by atoms with Gasteiger partial charge < -0.3 is 10.3 Å². The zero-order chi connectivity index (χ0) is 9.54. The van der Waals surface area contributed by atoms with Crippen LogP contribution in [0.2, 0.25) is 0 Å². The van der Waals surface area contributed by atoms with Crippen molar-refractivity contribution >= 4 is 10.9 Å². The fourth-order valence-electron chi connectivity index (χ4n) is 2.10. The van der Waals surface area contributed by atoms with Gasteiger partial charge in [-0.1, -0.05) is 12.1 Å². The van der Waals surface area contributed by atoms with Crippen LogP contribution in [-0.2, 0) is 6.54 Å². The molecule has 0 radical (unpaired) electrons. The summed E-state index contributed by atoms with van der Waals surface area (Å²) in [4.78, 5) is 0. The molecule has 0 unspecified atom stereocenters. The fourth-order valence-corrected chi connectivity index (χ4v) is 2.10. The molecule has 0 saturated heterocycles. The van der Waals surface area contributed by atoms with E-state index >= 15 is 0 Å². The van der Waals surface area contributed by atoms with Crippen molar-refractivity contribution in [2.75, 3.05) is 0 Å². The van der Waals surface area contributed by atoms with Gasteiger partial charge in [-0.15, -0.1) is 0 Å². The predicted octanol–water partition coefficient (Wildman–Crippen LogP) is 2.43. The molecule has 3 rings (SSSR count). The van der Waals surface area contributed by atoms with E-state index < -0.39 is 0 Å². The first-order chi connectivity index (χ1) is 6.90. The molecule has 0 atom stereocenters. The van der Waals surface area contributed by atoms with E-state index in [4.69, 9.17) is 5.73 Å². The summed E-state index contributed by atoms with van der Waals surface area (Å²) < 4.78 is 2.38. The van der Waals surface area contributed by atoms with E-state index in [-0.39, 0.29) is 0 Å². The smallest absolute Gasteiger partial charge is 0.0486 e. The van der Waals surface area contributed by atoms with Gasteiger partial charge in [0.1, 0.15) is 0 Å². The summed E-state index contributed by atoms with van der Waals surface area (Å²) in [6, 6.07) is 9.34. The highest BCUT2D eigenvalue weighted by molar-refractivity contribution is 5.83. The zero-order valence-corrected chi connectivity index (χ0v) is 8.11. The van der Waals surface area contributed by atoms with Crippen LogP contribution in [0.5, 0.6) is 0 Å². The van der Waals surface area contributed by atoms with E-state index in [0.29, 0.717) is 6.54 Å². The first kappa shape index (κ1) is 8.06. The van der Waals surface area contributed by atoms with Crippen molar-refractivity contribution in [3.63, 3.8) is 0 Å². The largest absolute Gasteiger partial charge is 0.344 e. The average Bonchev–Trinajstić information content (AvgIpc) is 2.97. The van der Waals surface area contributed by atoms with Gasteiger partial charge in [-0.05, 0) is 30.5 Å². The zero-order valence-electron chi connectivity index (χ0n) is 8.11. The fraction of sp³-hybridized carbons (Fsp3) is 0.333. The number of rotatable bonds is 2. The molecule has 0 amide bonds. The summed E-state index contributed by atoms with van der Waals surface area (Å²) >= 11 is 0. The molecule has 2 aromatic rings. The molecule has 0 bridgehead atoms. The van der Waals surface area contributed by atoms with E-state index in [2.05, 4.69) is 35.0 Å². The highest BCUT2D eigenvalue weighted by Gasteiger charge is 2.24. The molecule has 2 nitrogen and oxygen atoms in total. The van der Waals surface area contributed by atoms with E-state index in [0.717, 1.165) is 6.04 Å². The van der Waals surface area contributed by atoms with Crippen molar-refractivity contribution in [3.05, 3.63) is 36.0 Å². The Balaban J connectivity index is 2.25. The van der Waals surface area contributed by atoms with Crippen LogP contribution in [0.15, 0.2) is 30.5 Å². The van der Waals surface area contributed by atoms with Crippen molar-refractivity contribution in [1.29, 1.82) is 0 Å². The molecular weight excluding hydrogens is 172 g/mol. The third-order valence-electron chi connectivity index (χ3n) is 3.01. The van der Waals surface area contributed by atoms with Gasteiger partial charge in [-0.25, -0.2) is 0 Å². The number of hydrogen-bond donors (Lipinski definition) is 1. The molecule has 1 heterocycles. The first-order valence-corrected chi connectivity index (χ1v) is 5.18. The van der Waals surface area contributed by atoms with Crippen molar-refractivity contribution in [3.8, 4) is 0 Å². The molecule has 2 N–H and O–H groups in total. The predicted molar refractivity (Wildman–Crippen MR) is 58.1 cm³/mol. The monoisotopic (exact) mass is 186 g/mol. The lowest BCUT2D eigenvalue weighted by atomic mass is 10.1. The van der Waals surface area contributed by atoms with Crippen LogP contribution in [-0.4, -0.2) is 4.57 Å². The molecule has 1 aromatic carbocycles. The quantitative estimate of drug-likeness (QED) is 0.767. The molecule has 1 aliphatic rings. The minimum Gasteiger partial charge on any atom is -0.344 e. The van der Waals surface area contributed by atoms with Crippen molar-refractivity contribution in [2.24, 2.45) is 5.73 Å². The lowest BCUT2D eigenvalue weighted by Gasteiger charge is -2.03. The summed E-state index contributed by atoms with van der Waals surface area (Å²) in [5.74, 6) is 0. The third kappa shape index (κ3) is 1.07. The minimum atomic E-state index is 0.631. The van der Waals surface area contributed by atoms with Crippen LogP contribution in [0, 0.1) is 0 Å². The van der Waals surface area contributed by atoms with Crippen LogP contribution >= 0.6 is 0 Å². The Morgan fingerprint density at radius 3 is 2.86 bits per heavy atom. The van der Waals surface area contributed by atoms with E-state index in [1.54, 1.807) is 0 Å². The standard InChI is InChI=1S/C12H14N2/c13-8-9-2-1-3-12-11(9)6-7-14(12)10-4-5-10/h1-3,6-7,10H,4-5,8,13H2. The molecule has 0 aliphatic heterocycles. The second kappa shape index (κ2) is 2.85. The molecular formula is C12H14N2. The molecule has 1 saturated carbocycles. The maximum Gasteiger partial charge on any atom is 0.0486 e. The average molecular weight is 186 g/mol. The summed E-state index contributed by atoms with van der Waals surface area (Å²) in [6.45, 7) is 0.631. The van der Waals surface area contributed by atoms with Gasteiger partial charge in [0.25, 0.3) is 0 Å². The molecule has 1 aliphatic carbocycles. The second-order valence-corrected chi connectivity index (χ2v) is 4.01. The Morgan fingerprint density at radius 1 is 1.29 bits per heavy atom. The van der Waals surface area contributed by atoms with Gasteiger partial charge >= 0.3 is 0 Å². The van der Waals surface area contributed by atoms with Gasteiger partial charge in [0.2, 0.25) is 0 Å². The molecule has 1 fully saturated rings. The van der Waals surface area contributed by atoms with Crippen LogP contribution in [0.3, 0.4) is 0 Å². The van der Waals surface area contributed by atoms with Gasteiger partial charge in [0.15, 0.2) is 0 Å². The highest BCUT2D eigenvalue weighted by Crippen LogP contribution is 2.38. The summed E-state index contributed by atoms with van der Waals surface area (Å²) in [7, 11) is 0. The van der Waals surface area contributed by atoms with E-state index in [1.165, 1.54) is 29.3 Å². The number of fused-ring (bicyclic) bond motifs is 1. The topological polar surface area (TPSA) is 30.9 Å². The SMILES string of the molecule is NCc1cccc2c1ccn2C1CC1. The summed E-state index contributed by atoms with van der Waals surface area (Å²) in [5.41, 5.74) is 8.30. The van der Waals surface area contributed by atoms with Crippen LogP contribution in [0.25, 0.3) is 10.9 Å². The Kier molecular flexibility index (Phi) is 1.64. The highest BCUT2D eigenvalue weighted by atomic mass is 15.0. The lowest BCUT2D eigenvalue weighted by molar-refractivity contribution is 0.776. The molecule has 14 heavy (non-hydrogen) atoms. The van der Waals surface area contributed by atoms with Crippen LogP contribution in [0.4, 0.5) is 0 Å². The van der Waals surface area contributed by atoms with Gasteiger partial charge in [-0.2, -0.15) is 0 Å². The van der Waals surface area contributed by atoms with E-state index in [9.17, 15) is 0 Å². The summed E-state index contributed by atoms with van der Waals surface area (Å²) in [6.07, 6.45) is 4.86. The van der Waals surface area contributed by atoms with Crippen LogP contribution < -0.4 is 5.73 Å². The Labute approximate surface area is 83.3 Å². The number of hydrogen-bond acceptors (Lipinski definition) is 1. The molecule has 0 spiro atoms. The first-order valence-electron chi connectivity index (χ1n) is 5.18. The Morgan fingerprint density at radius 2 is 2.14 bits per heavy atom. The number of nitrogens with two attached hydrogens (primary N) is 1. The number of nitrogens with zero attached hydrogens (tertiary/aromatic N) is 1. The molecule has 72 valence electrons. The maximum absolute atomic E-state index is 5.71. The van der Waals surface area contributed by atoms with Crippen molar-refractivity contribution in [1.82, 2.24) is 4.57 Å². The van der Waals surface area contributed by atoms with Crippen LogP contribution in [0.1, 0.15) is 24.4 Å². The van der Waals surface area contributed by atoms with Crippen molar-refractivity contribution < 1.29 is 0 Å². The molecule has 2 heteroatoms. The van der Waals surface area contributed by atoms with Crippen molar-refractivity contribution in [2.45, 2.75) is 25.4 Å². The minimum absolute atomic E-state index is 0.631. The molecule has 1 aromatic heterocycles. The van der Waals surface area contributed by atoms with E-state index in [1.807, 2.05) is 0 Å². The second-order valence-electron chi connectivity index (χ2n) is 4.01. The lowest BCUT2D eigenvalue weighted by Crippen LogP contribution is -1.97. The third-order valence-corrected chi connectivity index (χ3v) is 3.01. The number of benzene rings is 1.